The zero-order chi connectivity index (χ0) is 21.8. The molecule has 0 aliphatic carbocycles. The second kappa shape index (κ2) is 18.8. The van der Waals surface area contributed by atoms with Crippen molar-refractivity contribution in [3.05, 3.63) is 0 Å². The third-order valence-electron chi connectivity index (χ3n) is 4.75. The zero-order valence-corrected chi connectivity index (χ0v) is 18.2. The molecular formula is C21H40O8. The molecule has 0 aromatic rings. The van der Waals surface area contributed by atoms with Gasteiger partial charge in [-0.05, 0) is 32.1 Å². The lowest BCUT2D eigenvalue weighted by Crippen LogP contribution is -2.35. The van der Waals surface area contributed by atoms with Crippen LogP contribution in [0.25, 0.3) is 0 Å². The van der Waals surface area contributed by atoms with Gasteiger partial charge in [-0.3, -0.25) is 9.59 Å². The van der Waals surface area contributed by atoms with Crippen LogP contribution in [0.3, 0.4) is 0 Å². The molecule has 8 heteroatoms. The Balaban J connectivity index is 4.34. The Kier molecular flexibility index (Phi) is 18.0. The number of ether oxygens (including phenoxy) is 4. The molecule has 0 aliphatic rings. The van der Waals surface area contributed by atoms with Gasteiger partial charge in [0.25, 0.3) is 0 Å². The number of carboxylic acid groups (broad SMARTS) is 2. The van der Waals surface area contributed by atoms with E-state index in [1.165, 1.54) is 0 Å². The Morgan fingerprint density at radius 2 is 1.07 bits per heavy atom. The smallest absolute Gasteiger partial charge is 0.309 e. The zero-order valence-electron chi connectivity index (χ0n) is 18.2. The fraction of sp³-hybridized carbons (Fsp3) is 0.905. The van der Waals surface area contributed by atoms with Crippen LogP contribution in [0.2, 0.25) is 0 Å². The van der Waals surface area contributed by atoms with Crippen LogP contribution in [0.4, 0.5) is 0 Å². The van der Waals surface area contributed by atoms with Crippen LogP contribution in [-0.4, -0.2) is 75.0 Å². The number of unbranched alkanes of at least 4 members (excludes halogenated alkanes) is 2. The first-order valence-electron chi connectivity index (χ1n) is 10.7. The van der Waals surface area contributed by atoms with E-state index in [1.54, 1.807) is 0 Å². The average Bonchev–Trinajstić information content (AvgIpc) is 2.69. The van der Waals surface area contributed by atoms with E-state index < -0.39 is 17.4 Å². The minimum Gasteiger partial charge on any atom is -0.481 e. The minimum absolute atomic E-state index is 0.0460. The van der Waals surface area contributed by atoms with E-state index in [9.17, 15) is 14.7 Å². The highest BCUT2D eigenvalue weighted by atomic mass is 16.5. The van der Waals surface area contributed by atoms with Crippen molar-refractivity contribution in [2.75, 3.05) is 52.9 Å². The summed E-state index contributed by atoms with van der Waals surface area (Å²) in [7, 11) is 0. The molecule has 0 radical (unpaired) electrons. The summed E-state index contributed by atoms with van der Waals surface area (Å²) in [6.45, 7) is 7.76. The fourth-order valence-corrected chi connectivity index (χ4v) is 2.71. The van der Waals surface area contributed by atoms with Gasteiger partial charge in [-0.2, -0.15) is 0 Å². The monoisotopic (exact) mass is 420 g/mol. The van der Waals surface area contributed by atoms with E-state index in [0.29, 0.717) is 39.6 Å². The number of hydrogen-bond donors (Lipinski definition) is 2. The molecule has 29 heavy (non-hydrogen) atoms. The maximum absolute atomic E-state index is 12.0. The van der Waals surface area contributed by atoms with Crippen LogP contribution >= 0.6 is 0 Å². The molecule has 0 saturated heterocycles. The van der Waals surface area contributed by atoms with Crippen molar-refractivity contribution in [1.82, 2.24) is 0 Å². The summed E-state index contributed by atoms with van der Waals surface area (Å²) in [5.41, 5.74) is -1.18. The summed E-state index contributed by atoms with van der Waals surface area (Å²) in [4.78, 5) is 22.9. The number of hydrogen-bond acceptors (Lipinski definition) is 6. The molecule has 0 aromatic heterocycles. The van der Waals surface area contributed by atoms with Gasteiger partial charge in [0, 0.05) is 32.8 Å². The first kappa shape index (κ1) is 27.8. The molecule has 0 spiro atoms. The molecule has 8 nitrogen and oxygen atoms in total. The lowest BCUT2D eigenvalue weighted by molar-refractivity contribution is -0.153. The maximum atomic E-state index is 12.0. The summed E-state index contributed by atoms with van der Waals surface area (Å²) < 4.78 is 21.8. The van der Waals surface area contributed by atoms with Crippen LogP contribution in [-0.2, 0) is 28.5 Å². The second-order valence-electron chi connectivity index (χ2n) is 7.14. The van der Waals surface area contributed by atoms with Gasteiger partial charge in [-0.25, -0.2) is 0 Å². The van der Waals surface area contributed by atoms with Gasteiger partial charge in [0.15, 0.2) is 0 Å². The maximum Gasteiger partial charge on any atom is 0.309 e. The largest absolute Gasteiger partial charge is 0.481 e. The Morgan fingerprint density at radius 3 is 1.41 bits per heavy atom. The van der Waals surface area contributed by atoms with E-state index >= 15 is 0 Å². The first-order chi connectivity index (χ1) is 14.0. The Labute approximate surface area is 174 Å². The molecule has 0 aromatic carbocycles. The summed E-state index contributed by atoms with van der Waals surface area (Å²) in [5.74, 6) is -2.02. The molecule has 0 saturated carbocycles. The molecule has 172 valence electrons. The topological polar surface area (TPSA) is 112 Å². The van der Waals surface area contributed by atoms with Crippen molar-refractivity contribution in [3.8, 4) is 0 Å². The number of carboxylic acids is 2. The SMILES string of the molecule is CCCCOCCOCCC(CCOCCOCCCC)(CCC(=O)O)C(=O)O. The number of aliphatic carboxylic acids is 2. The predicted octanol–water partition coefficient (Wildman–Crippen LogP) is 3.37. The summed E-state index contributed by atoms with van der Waals surface area (Å²) in [5, 5.41) is 18.8. The minimum atomic E-state index is -1.18. The van der Waals surface area contributed by atoms with Gasteiger partial charge in [-0.15, -0.1) is 0 Å². The fourth-order valence-electron chi connectivity index (χ4n) is 2.71. The van der Waals surface area contributed by atoms with E-state index in [1.807, 2.05) is 0 Å². The van der Waals surface area contributed by atoms with Crippen molar-refractivity contribution in [2.45, 2.75) is 65.2 Å². The molecule has 0 heterocycles. The lowest BCUT2D eigenvalue weighted by atomic mass is 9.77. The summed E-state index contributed by atoms with van der Waals surface area (Å²) in [6.07, 6.45) is 4.46. The van der Waals surface area contributed by atoms with Crippen molar-refractivity contribution < 1.29 is 38.7 Å². The standard InChI is InChI=1S/C21H40O8/c1-3-5-11-26-15-17-28-13-9-21(20(24)25,8-7-19(22)23)10-14-29-18-16-27-12-6-4-2/h3-18H2,1-2H3,(H,22,23)(H,24,25). The molecule has 0 atom stereocenters. The van der Waals surface area contributed by atoms with E-state index in [-0.39, 0.29) is 38.9 Å². The molecule has 0 amide bonds. The van der Waals surface area contributed by atoms with Crippen molar-refractivity contribution in [1.29, 1.82) is 0 Å². The van der Waals surface area contributed by atoms with Crippen LogP contribution < -0.4 is 0 Å². The third-order valence-corrected chi connectivity index (χ3v) is 4.75. The molecule has 2 N–H and O–H groups in total. The van der Waals surface area contributed by atoms with Gasteiger partial charge < -0.3 is 29.2 Å². The molecule has 0 aliphatic heterocycles. The highest BCUT2D eigenvalue weighted by Gasteiger charge is 2.38. The highest BCUT2D eigenvalue weighted by molar-refractivity contribution is 5.76. The lowest BCUT2D eigenvalue weighted by Gasteiger charge is -2.29. The molecular weight excluding hydrogens is 380 g/mol. The molecule has 0 unspecified atom stereocenters. The van der Waals surface area contributed by atoms with Crippen molar-refractivity contribution >= 4 is 11.9 Å². The number of rotatable bonds is 22. The van der Waals surface area contributed by atoms with Gasteiger partial charge >= 0.3 is 11.9 Å². The Morgan fingerprint density at radius 1 is 0.655 bits per heavy atom. The third kappa shape index (κ3) is 15.3. The summed E-state index contributed by atoms with van der Waals surface area (Å²) >= 11 is 0. The normalized spacial score (nSPS) is 11.7. The predicted molar refractivity (Wildman–Crippen MR) is 109 cm³/mol. The van der Waals surface area contributed by atoms with E-state index in [2.05, 4.69) is 13.8 Å². The first-order valence-corrected chi connectivity index (χ1v) is 10.7. The average molecular weight is 421 g/mol. The highest BCUT2D eigenvalue weighted by Crippen LogP contribution is 2.33. The Hall–Kier alpha value is -1.22. The van der Waals surface area contributed by atoms with Crippen LogP contribution in [0.15, 0.2) is 0 Å². The molecule has 0 rings (SSSR count). The summed E-state index contributed by atoms with van der Waals surface area (Å²) in [6, 6.07) is 0. The van der Waals surface area contributed by atoms with Gasteiger partial charge in [0.05, 0.1) is 31.8 Å². The second-order valence-corrected chi connectivity index (χ2v) is 7.14. The Bertz CT molecular complexity index is 393. The molecule has 0 fully saturated rings. The molecule has 0 bridgehead atoms. The van der Waals surface area contributed by atoms with Crippen LogP contribution in [0, 0.1) is 5.41 Å². The van der Waals surface area contributed by atoms with Crippen LogP contribution in [0.5, 0.6) is 0 Å². The van der Waals surface area contributed by atoms with Crippen molar-refractivity contribution in [3.63, 3.8) is 0 Å². The van der Waals surface area contributed by atoms with Gasteiger partial charge in [0.1, 0.15) is 0 Å². The van der Waals surface area contributed by atoms with Crippen molar-refractivity contribution in [2.24, 2.45) is 5.41 Å². The van der Waals surface area contributed by atoms with Gasteiger partial charge in [-0.1, -0.05) is 26.7 Å². The van der Waals surface area contributed by atoms with Gasteiger partial charge in [0.2, 0.25) is 0 Å². The van der Waals surface area contributed by atoms with Crippen LogP contribution in [0.1, 0.15) is 65.2 Å². The van der Waals surface area contributed by atoms with E-state index in [4.69, 9.17) is 24.1 Å². The number of carbonyl (C=O) groups is 2. The quantitative estimate of drug-likeness (QED) is 0.256. The van der Waals surface area contributed by atoms with E-state index in [0.717, 1.165) is 25.7 Å².